The maximum Gasteiger partial charge on any atom is 0.257 e. The van der Waals surface area contributed by atoms with Crippen molar-refractivity contribution in [3.05, 3.63) is 18.3 Å². The Kier molecular flexibility index (Phi) is 4.12. The van der Waals surface area contributed by atoms with Gasteiger partial charge in [0.1, 0.15) is 6.61 Å². The van der Waals surface area contributed by atoms with Crippen molar-refractivity contribution in [1.29, 1.82) is 0 Å². The number of hydrogen-bond acceptors (Lipinski definition) is 4. The van der Waals surface area contributed by atoms with Crippen molar-refractivity contribution in [2.45, 2.75) is 39.3 Å². The molecule has 0 spiro atoms. The molecular weight excluding hydrogens is 204 g/mol. The monoisotopic (exact) mass is 224 g/mol. The van der Waals surface area contributed by atoms with E-state index in [0.717, 1.165) is 0 Å². The first kappa shape index (κ1) is 12.8. The Labute approximate surface area is 96.8 Å². The van der Waals surface area contributed by atoms with Gasteiger partial charge in [0.15, 0.2) is 5.75 Å². The molecule has 90 valence electrons. The Bertz CT molecular complexity index is 332. The van der Waals surface area contributed by atoms with Crippen LogP contribution in [0.3, 0.4) is 0 Å². The van der Waals surface area contributed by atoms with Gasteiger partial charge in [-0.25, -0.2) is 4.98 Å². The number of rotatable bonds is 5. The number of ether oxygens (including phenoxy) is 2. The van der Waals surface area contributed by atoms with E-state index in [0.29, 0.717) is 18.2 Å². The highest BCUT2D eigenvalue weighted by molar-refractivity contribution is 5.32. The van der Waals surface area contributed by atoms with E-state index in [-0.39, 0.29) is 11.6 Å². The third-order valence-corrected chi connectivity index (χ3v) is 1.68. The first-order valence-corrected chi connectivity index (χ1v) is 5.42. The molecule has 0 unspecified atom stereocenters. The van der Waals surface area contributed by atoms with Gasteiger partial charge in [0.25, 0.3) is 5.88 Å². The average Bonchev–Trinajstić information content (AvgIpc) is 2.14. The van der Waals surface area contributed by atoms with Gasteiger partial charge in [-0.3, -0.25) is 0 Å². The maximum atomic E-state index is 5.84. The molecule has 0 aliphatic rings. The van der Waals surface area contributed by atoms with Crippen LogP contribution in [-0.2, 0) is 0 Å². The van der Waals surface area contributed by atoms with Crippen LogP contribution >= 0.6 is 0 Å². The Balaban J connectivity index is 2.71. The number of aromatic nitrogens is 1. The topological polar surface area (TPSA) is 57.4 Å². The predicted octanol–water partition coefficient (Wildman–Crippen LogP) is 1.98. The maximum absolute atomic E-state index is 5.84. The van der Waals surface area contributed by atoms with Crippen LogP contribution < -0.4 is 15.2 Å². The van der Waals surface area contributed by atoms with Gasteiger partial charge in [-0.2, -0.15) is 0 Å². The van der Waals surface area contributed by atoms with Gasteiger partial charge in [-0.05, 0) is 39.8 Å². The third-order valence-electron chi connectivity index (χ3n) is 1.68. The summed E-state index contributed by atoms with van der Waals surface area (Å²) in [6, 6.07) is 3.66. The normalized spacial score (nSPS) is 11.6. The Morgan fingerprint density at radius 1 is 1.44 bits per heavy atom. The molecule has 0 aromatic carbocycles. The van der Waals surface area contributed by atoms with Gasteiger partial charge >= 0.3 is 0 Å². The van der Waals surface area contributed by atoms with Crippen molar-refractivity contribution < 1.29 is 9.47 Å². The van der Waals surface area contributed by atoms with E-state index in [1.807, 2.05) is 39.8 Å². The van der Waals surface area contributed by atoms with Crippen LogP contribution in [-0.4, -0.2) is 23.2 Å². The van der Waals surface area contributed by atoms with Gasteiger partial charge in [0.05, 0.1) is 6.10 Å². The second-order valence-corrected chi connectivity index (χ2v) is 4.75. The Morgan fingerprint density at radius 2 is 2.12 bits per heavy atom. The van der Waals surface area contributed by atoms with Gasteiger partial charge in [-0.1, -0.05) is 0 Å². The highest BCUT2D eigenvalue weighted by Crippen LogP contribution is 2.25. The van der Waals surface area contributed by atoms with Crippen LogP contribution in [0.15, 0.2) is 18.3 Å². The molecule has 0 saturated carbocycles. The summed E-state index contributed by atoms with van der Waals surface area (Å²) < 4.78 is 11.1. The number of nitrogens with zero attached hydrogens (tertiary/aromatic N) is 1. The molecule has 0 saturated heterocycles. The zero-order chi connectivity index (χ0) is 12.2. The van der Waals surface area contributed by atoms with Crippen LogP contribution in [0.5, 0.6) is 11.6 Å². The lowest BCUT2D eigenvalue weighted by Crippen LogP contribution is -2.38. The molecule has 0 aliphatic carbocycles. The second kappa shape index (κ2) is 5.16. The Hall–Kier alpha value is -1.29. The van der Waals surface area contributed by atoms with Gasteiger partial charge < -0.3 is 15.2 Å². The average molecular weight is 224 g/mol. The molecule has 2 N–H and O–H groups in total. The lowest BCUT2D eigenvalue weighted by atomic mass is 10.1. The molecule has 0 radical (unpaired) electrons. The van der Waals surface area contributed by atoms with Crippen LogP contribution in [0.2, 0.25) is 0 Å². The van der Waals surface area contributed by atoms with E-state index in [9.17, 15) is 0 Å². The van der Waals surface area contributed by atoms with Crippen LogP contribution in [0, 0.1) is 0 Å². The number of nitrogens with two attached hydrogens (primary N) is 1. The Morgan fingerprint density at radius 3 is 2.69 bits per heavy atom. The van der Waals surface area contributed by atoms with Crippen LogP contribution in [0.25, 0.3) is 0 Å². The summed E-state index contributed by atoms with van der Waals surface area (Å²) in [6.45, 7) is 8.13. The summed E-state index contributed by atoms with van der Waals surface area (Å²) in [5, 5.41) is 0. The fourth-order valence-corrected chi connectivity index (χ4v) is 1.08. The minimum Gasteiger partial charge on any atom is -0.485 e. The van der Waals surface area contributed by atoms with Crippen molar-refractivity contribution >= 4 is 0 Å². The van der Waals surface area contributed by atoms with Crippen molar-refractivity contribution in [3.8, 4) is 11.6 Å². The fraction of sp³-hybridized carbons (Fsp3) is 0.583. The first-order valence-electron chi connectivity index (χ1n) is 5.42. The van der Waals surface area contributed by atoms with Gasteiger partial charge in [0.2, 0.25) is 0 Å². The highest BCUT2D eigenvalue weighted by atomic mass is 16.5. The largest absolute Gasteiger partial charge is 0.485 e. The van der Waals surface area contributed by atoms with Crippen molar-refractivity contribution in [1.82, 2.24) is 4.98 Å². The first-order chi connectivity index (χ1) is 7.38. The summed E-state index contributed by atoms with van der Waals surface area (Å²) in [4.78, 5) is 4.13. The van der Waals surface area contributed by atoms with E-state index in [1.54, 1.807) is 6.20 Å². The second-order valence-electron chi connectivity index (χ2n) is 4.75. The van der Waals surface area contributed by atoms with Crippen molar-refractivity contribution in [3.63, 3.8) is 0 Å². The van der Waals surface area contributed by atoms with E-state index in [1.165, 1.54) is 0 Å². The minimum atomic E-state index is -0.382. The molecule has 0 bridgehead atoms. The molecule has 1 aromatic rings. The summed E-state index contributed by atoms with van der Waals surface area (Å²) in [6.07, 6.45) is 1.77. The smallest absolute Gasteiger partial charge is 0.257 e. The van der Waals surface area contributed by atoms with Crippen LogP contribution in [0.4, 0.5) is 0 Å². The highest BCUT2D eigenvalue weighted by Gasteiger charge is 2.14. The molecule has 1 heterocycles. The fourth-order valence-electron chi connectivity index (χ4n) is 1.08. The quantitative estimate of drug-likeness (QED) is 0.831. The zero-order valence-electron chi connectivity index (χ0n) is 10.4. The number of pyridine rings is 1. The molecular formula is C12H20N2O2. The van der Waals surface area contributed by atoms with Crippen molar-refractivity contribution in [2.24, 2.45) is 5.73 Å². The number of hydrogen-bond donors (Lipinski definition) is 1. The van der Waals surface area contributed by atoms with Crippen molar-refractivity contribution in [2.75, 3.05) is 6.61 Å². The lowest BCUT2D eigenvalue weighted by molar-refractivity contribution is 0.196. The summed E-state index contributed by atoms with van der Waals surface area (Å²) in [7, 11) is 0. The molecule has 4 nitrogen and oxygen atoms in total. The van der Waals surface area contributed by atoms with E-state index in [2.05, 4.69) is 4.98 Å². The SMILES string of the molecule is CC(C)Oc1cccnc1OCC(C)(C)N. The van der Waals surface area contributed by atoms with Gasteiger partial charge in [-0.15, -0.1) is 0 Å². The van der Waals surface area contributed by atoms with Gasteiger partial charge in [0, 0.05) is 11.7 Å². The summed E-state index contributed by atoms with van der Waals surface area (Å²) in [5.41, 5.74) is 5.46. The van der Waals surface area contributed by atoms with E-state index in [4.69, 9.17) is 15.2 Å². The molecule has 0 fully saturated rings. The molecule has 4 heteroatoms. The predicted molar refractivity (Wildman–Crippen MR) is 63.8 cm³/mol. The molecule has 1 aromatic heterocycles. The summed E-state index contributed by atoms with van der Waals surface area (Å²) in [5.74, 6) is 1.15. The molecule has 0 atom stereocenters. The zero-order valence-corrected chi connectivity index (χ0v) is 10.4. The molecule has 16 heavy (non-hydrogen) atoms. The third kappa shape index (κ3) is 4.49. The molecule has 0 aliphatic heterocycles. The molecule has 0 amide bonds. The standard InChI is InChI=1S/C12H20N2O2/c1-9(2)16-10-6-5-7-14-11(10)15-8-12(3,4)13/h5-7,9H,8,13H2,1-4H3. The van der Waals surface area contributed by atoms with Crippen LogP contribution in [0.1, 0.15) is 27.7 Å². The molecule has 1 rings (SSSR count). The van der Waals surface area contributed by atoms with E-state index < -0.39 is 0 Å². The minimum absolute atomic E-state index is 0.0948. The van der Waals surface area contributed by atoms with E-state index >= 15 is 0 Å². The lowest BCUT2D eigenvalue weighted by Gasteiger charge is -2.20. The summed E-state index contributed by atoms with van der Waals surface area (Å²) >= 11 is 0.